The van der Waals surface area contributed by atoms with Gasteiger partial charge in [-0.15, -0.1) is 0 Å². The van der Waals surface area contributed by atoms with Gasteiger partial charge in [0.05, 0.1) is 18.2 Å². The molecule has 4 rings (SSSR count). The van der Waals surface area contributed by atoms with Gasteiger partial charge >= 0.3 is 0 Å². The molecule has 7 heteroatoms. The van der Waals surface area contributed by atoms with Crippen LogP contribution in [-0.2, 0) is 11.3 Å². The molecule has 2 heterocycles. The molecule has 0 aliphatic carbocycles. The van der Waals surface area contributed by atoms with E-state index in [1.54, 1.807) is 12.1 Å². The molecule has 31 heavy (non-hydrogen) atoms. The summed E-state index contributed by atoms with van der Waals surface area (Å²) in [5.74, 6) is 1.11. The van der Waals surface area contributed by atoms with Gasteiger partial charge in [0.1, 0.15) is 0 Å². The fraction of sp³-hybridized carbons (Fsp3) is 0.250. The second kappa shape index (κ2) is 9.37. The lowest BCUT2D eigenvalue weighted by molar-refractivity contribution is -0.127. The van der Waals surface area contributed by atoms with Crippen LogP contribution >= 0.6 is 0 Å². The molecule has 1 fully saturated rings. The average Bonchev–Trinajstić information content (AvgIpc) is 3.27. The van der Waals surface area contributed by atoms with Crippen LogP contribution in [0.2, 0.25) is 0 Å². The molecule has 0 bridgehead atoms. The normalized spacial score (nSPS) is 14.6. The molecule has 1 aliphatic heterocycles. The summed E-state index contributed by atoms with van der Waals surface area (Å²) in [5, 5.41) is 13.2. The van der Waals surface area contributed by atoms with E-state index >= 15 is 0 Å². The van der Waals surface area contributed by atoms with Gasteiger partial charge in [-0.05, 0) is 24.6 Å². The minimum absolute atomic E-state index is 0.0492. The second-order valence-corrected chi connectivity index (χ2v) is 7.51. The Morgan fingerprint density at radius 2 is 1.87 bits per heavy atom. The smallest absolute Gasteiger partial charge is 0.246 e. The molecule has 1 amide bonds. The van der Waals surface area contributed by atoms with Crippen LogP contribution in [0.4, 0.5) is 0 Å². The minimum atomic E-state index is -0.0492. The highest BCUT2D eigenvalue weighted by Gasteiger charge is 2.21. The zero-order valence-electron chi connectivity index (χ0n) is 17.4. The van der Waals surface area contributed by atoms with Gasteiger partial charge < -0.3 is 9.42 Å². The van der Waals surface area contributed by atoms with Crippen LogP contribution in [0.5, 0.6) is 0 Å². The molecule has 0 saturated carbocycles. The van der Waals surface area contributed by atoms with Gasteiger partial charge in [0.2, 0.25) is 17.6 Å². The highest BCUT2D eigenvalue weighted by Crippen LogP contribution is 2.17. The minimum Gasteiger partial charge on any atom is -0.338 e. The molecule has 1 aromatic heterocycles. The molecule has 1 aliphatic rings. The predicted molar refractivity (Wildman–Crippen MR) is 117 cm³/mol. The first kappa shape index (κ1) is 20.5. The first-order valence-corrected chi connectivity index (χ1v) is 10.2. The van der Waals surface area contributed by atoms with Crippen molar-refractivity contribution in [1.29, 1.82) is 5.26 Å². The zero-order valence-corrected chi connectivity index (χ0v) is 17.4. The Balaban J connectivity index is 1.30. The SMILES string of the molecule is Cc1ccc(-c2noc(CN3CCN(C(=O)C=Cc4ccccc4C#N)CC3)n2)cc1. The van der Waals surface area contributed by atoms with E-state index in [1.807, 2.05) is 54.3 Å². The van der Waals surface area contributed by atoms with Crippen LogP contribution in [0, 0.1) is 18.3 Å². The molecular formula is C24H23N5O2. The van der Waals surface area contributed by atoms with Crippen molar-refractivity contribution in [2.45, 2.75) is 13.5 Å². The van der Waals surface area contributed by atoms with Crippen molar-refractivity contribution < 1.29 is 9.32 Å². The molecule has 0 radical (unpaired) electrons. The van der Waals surface area contributed by atoms with Gasteiger partial charge in [0, 0.05) is 37.8 Å². The average molecular weight is 413 g/mol. The topological polar surface area (TPSA) is 86.3 Å². The summed E-state index contributed by atoms with van der Waals surface area (Å²) in [6.07, 6.45) is 3.25. The third-order valence-corrected chi connectivity index (χ3v) is 5.31. The third-order valence-electron chi connectivity index (χ3n) is 5.31. The van der Waals surface area contributed by atoms with Gasteiger partial charge in [-0.3, -0.25) is 9.69 Å². The lowest BCUT2D eigenvalue weighted by Gasteiger charge is -2.33. The largest absolute Gasteiger partial charge is 0.338 e. The molecule has 7 nitrogen and oxygen atoms in total. The van der Waals surface area contributed by atoms with Crippen LogP contribution in [0.1, 0.15) is 22.6 Å². The van der Waals surface area contributed by atoms with E-state index in [9.17, 15) is 4.79 Å². The first-order chi connectivity index (χ1) is 15.1. The number of aryl methyl sites for hydroxylation is 1. The molecule has 156 valence electrons. The van der Waals surface area contributed by atoms with E-state index in [2.05, 4.69) is 21.1 Å². The number of nitrogens with zero attached hydrogens (tertiary/aromatic N) is 5. The molecule has 0 atom stereocenters. The molecule has 0 spiro atoms. The van der Waals surface area contributed by atoms with Crippen LogP contribution in [0.25, 0.3) is 17.5 Å². The van der Waals surface area contributed by atoms with Gasteiger partial charge in [0.25, 0.3) is 0 Å². The number of hydrogen-bond acceptors (Lipinski definition) is 6. The highest BCUT2D eigenvalue weighted by atomic mass is 16.5. The van der Waals surface area contributed by atoms with Crippen LogP contribution < -0.4 is 0 Å². The van der Waals surface area contributed by atoms with E-state index in [1.165, 1.54) is 11.6 Å². The summed E-state index contributed by atoms with van der Waals surface area (Å²) in [6, 6.07) is 17.4. The van der Waals surface area contributed by atoms with Crippen molar-refractivity contribution in [2.75, 3.05) is 26.2 Å². The second-order valence-electron chi connectivity index (χ2n) is 7.51. The quantitative estimate of drug-likeness (QED) is 0.597. The highest BCUT2D eigenvalue weighted by molar-refractivity contribution is 5.92. The summed E-state index contributed by atoms with van der Waals surface area (Å²) in [6.45, 7) is 5.32. The first-order valence-electron chi connectivity index (χ1n) is 10.2. The maximum Gasteiger partial charge on any atom is 0.246 e. The summed E-state index contributed by atoms with van der Waals surface area (Å²) >= 11 is 0. The van der Waals surface area contributed by atoms with E-state index in [-0.39, 0.29) is 5.91 Å². The van der Waals surface area contributed by atoms with Crippen molar-refractivity contribution in [3.8, 4) is 17.5 Å². The number of rotatable bonds is 5. The van der Waals surface area contributed by atoms with E-state index < -0.39 is 0 Å². The summed E-state index contributed by atoms with van der Waals surface area (Å²) < 4.78 is 5.41. The van der Waals surface area contributed by atoms with E-state index in [0.29, 0.717) is 36.9 Å². The molecule has 3 aromatic rings. The van der Waals surface area contributed by atoms with Gasteiger partial charge in [-0.2, -0.15) is 10.2 Å². The molecule has 1 saturated heterocycles. The number of carbonyl (C=O) groups excluding carboxylic acids is 1. The van der Waals surface area contributed by atoms with Gasteiger partial charge in [0.15, 0.2) is 0 Å². The third kappa shape index (κ3) is 5.05. The monoisotopic (exact) mass is 413 g/mol. The Labute approximate surface area is 181 Å². The lowest BCUT2D eigenvalue weighted by Crippen LogP contribution is -2.47. The number of amides is 1. The van der Waals surface area contributed by atoms with Crippen molar-refractivity contribution in [2.24, 2.45) is 0 Å². The Bertz CT molecular complexity index is 1120. The fourth-order valence-corrected chi connectivity index (χ4v) is 3.47. The lowest BCUT2D eigenvalue weighted by atomic mass is 10.1. The van der Waals surface area contributed by atoms with Gasteiger partial charge in [-0.25, -0.2) is 0 Å². The van der Waals surface area contributed by atoms with Crippen molar-refractivity contribution in [3.63, 3.8) is 0 Å². The fourth-order valence-electron chi connectivity index (χ4n) is 3.47. The van der Waals surface area contributed by atoms with Crippen molar-refractivity contribution in [1.82, 2.24) is 19.9 Å². The Kier molecular flexibility index (Phi) is 6.20. The van der Waals surface area contributed by atoms with Crippen LogP contribution in [0.15, 0.2) is 59.1 Å². The Morgan fingerprint density at radius 1 is 1.13 bits per heavy atom. The maximum atomic E-state index is 12.5. The number of benzene rings is 2. The number of hydrogen-bond donors (Lipinski definition) is 0. The van der Waals surface area contributed by atoms with Gasteiger partial charge in [-0.1, -0.05) is 53.2 Å². The predicted octanol–water partition coefficient (Wildman–Crippen LogP) is 3.27. The molecule has 2 aromatic carbocycles. The molecule has 0 N–H and O–H groups in total. The van der Waals surface area contributed by atoms with Crippen molar-refractivity contribution >= 4 is 12.0 Å². The Hall–Kier alpha value is -3.76. The summed E-state index contributed by atoms with van der Waals surface area (Å²) in [5.41, 5.74) is 3.42. The van der Waals surface area contributed by atoms with Crippen LogP contribution in [-0.4, -0.2) is 52.0 Å². The zero-order chi connectivity index (χ0) is 21.6. The standard InChI is InChI=1S/C24H23N5O2/c1-18-6-8-20(9-7-18)24-26-22(31-27-24)17-28-12-14-29(15-13-28)23(30)11-10-19-4-2-3-5-21(19)16-25/h2-11H,12-15,17H2,1H3. The van der Waals surface area contributed by atoms with E-state index in [0.717, 1.165) is 24.2 Å². The Morgan fingerprint density at radius 3 is 2.61 bits per heavy atom. The summed E-state index contributed by atoms with van der Waals surface area (Å²) in [4.78, 5) is 21.0. The molecular weight excluding hydrogens is 390 g/mol. The number of piperazine rings is 1. The number of nitriles is 1. The number of aromatic nitrogens is 2. The van der Waals surface area contributed by atoms with E-state index in [4.69, 9.17) is 9.78 Å². The van der Waals surface area contributed by atoms with Crippen molar-refractivity contribution in [3.05, 3.63) is 77.2 Å². The maximum absolute atomic E-state index is 12.5. The van der Waals surface area contributed by atoms with Crippen LogP contribution in [0.3, 0.4) is 0 Å². The molecule has 0 unspecified atom stereocenters. The summed E-state index contributed by atoms with van der Waals surface area (Å²) in [7, 11) is 0. The number of carbonyl (C=O) groups is 1.